The van der Waals surface area contributed by atoms with Crippen molar-refractivity contribution in [3.8, 4) is 22.8 Å². The zero-order valence-electron chi connectivity index (χ0n) is 20.9. The molecule has 1 aliphatic heterocycles. The Morgan fingerprint density at radius 2 is 1.33 bits per heavy atom. The van der Waals surface area contributed by atoms with Crippen LogP contribution < -0.4 is 0 Å². The smallest absolute Gasteiger partial charge is 0.338 e. The van der Waals surface area contributed by atoms with Gasteiger partial charge in [0.25, 0.3) is 0 Å². The first-order chi connectivity index (χ1) is 17.5. The largest absolute Gasteiger partial charge is 0.461 e. The number of nitrogens with zero attached hydrogens (tertiary/aromatic N) is 9. The molecule has 0 aliphatic carbocycles. The van der Waals surface area contributed by atoms with Crippen LogP contribution in [0, 0.1) is 6.92 Å². The molecular formula is C25H31N9O2. The Hall–Kier alpha value is -3.99. The Morgan fingerprint density at radius 3 is 1.83 bits per heavy atom. The number of tetrazole rings is 2. The highest BCUT2D eigenvalue weighted by atomic mass is 16.5. The van der Waals surface area contributed by atoms with Crippen molar-refractivity contribution < 1.29 is 9.53 Å². The summed E-state index contributed by atoms with van der Waals surface area (Å²) in [7, 11) is 3.60. The molecule has 3 heterocycles. The van der Waals surface area contributed by atoms with Crippen LogP contribution in [-0.2, 0) is 18.8 Å². The molecule has 4 aromatic rings. The molecule has 0 spiro atoms. The van der Waals surface area contributed by atoms with Gasteiger partial charge in [0.2, 0.25) is 0 Å². The van der Waals surface area contributed by atoms with E-state index in [-0.39, 0.29) is 5.97 Å². The van der Waals surface area contributed by atoms with Crippen molar-refractivity contribution in [3.05, 3.63) is 59.7 Å². The van der Waals surface area contributed by atoms with E-state index in [1.807, 2.05) is 43.4 Å². The zero-order valence-corrected chi connectivity index (χ0v) is 20.9. The van der Waals surface area contributed by atoms with E-state index >= 15 is 0 Å². The molecule has 188 valence electrons. The fourth-order valence-electron chi connectivity index (χ4n) is 3.94. The molecular weight excluding hydrogens is 458 g/mol. The van der Waals surface area contributed by atoms with E-state index in [0.29, 0.717) is 18.0 Å². The third-order valence-electron chi connectivity index (χ3n) is 6.02. The number of carbonyl (C=O) groups excluding carboxylic acids is 1. The Kier molecular flexibility index (Phi) is 8.45. The molecule has 2 aromatic carbocycles. The molecule has 0 saturated carbocycles. The average Bonchev–Trinajstić information content (AvgIpc) is 3.53. The highest BCUT2D eigenvalue weighted by Crippen LogP contribution is 2.17. The monoisotopic (exact) mass is 489 g/mol. The quantitative estimate of drug-likeness (QED) is 0.377. The summed E-state index contributed by atoms with van der Waals surface area (Å²) in [5, 5.41) is 22.6. The minimum Gasteiger partial charge on any atom is -0.461 e. The standard InChI is InChI=1S/C16H21N5O2.C9H10N4/c1-20-15(17-18-19-20)13-5-7-14(8-6-13)16(22)23-12-11-21-9-3-2-4-10-21;1-7-3-5-8(6-4-7)9-10-11-12-13(9)2/h5-8H,2-4,9-12H2,1H3;3-6H,1-2H3. The second-order valence-corrected chi connectivity index (χ2v) is 8.73. The maximum absolute atomic E-state index is 12.1. The van der Waals surface area contributed by atoms with Gasteiger partial charge in [0.15, 0.2) is 11.6 Å². The number of aryl methyl sites for hydroxylation is 3. The van der Waals surface area contributed by atoms with Crippen LogP contribution >= 0.6 is 0 Å². The van der Waals surface area contributed by atoms with Crippen LogP contribution in [-0.4, -0.2) is 77.5 Å². The lowest BCUT2D eigenvalue weighted by molar-refractivity contribution is 0.0452. The van der Waals surface area contributed by atoms with Crippen molar-refractivity contribution >= 4 is 5.97 Å². The normalized spacial score (nSPS) is 13.6. The van der Waals surface area contributed by atoms with Crippen molar-refractivity contribution in [1.29, 1.82) is 0 Å². The van der Waals surface area contributed by atoms with Gasteiger partial charge in [-0.2, -0.15) is 0 Å². The van der Waals surface area contributed by atoms with Crippen LogP contribution in [0.15, 0.2) is 48.5 Å². The van der Waals surface area contributed by atoms with Crippen molar-refractivity contribution in [3.63, 3.8) is 0 Å². The van der Waals surface area contributed by atoms with Crippen LogP contribution in [0.25, 0.3) is 22.8 Å². The topological polar surface area (TPSA) is 117 Å². The Balaban J connectivity index is 0.000000197. The zero-order chi connectivity index (χ0) is 25.3. The number of hydrogen-bond donors (Lipinski definition) is 0. The van der Waals surface area contributed by atoms with Gasteiger partial charge in [-0.1, -0.05) is 48.4 Å². The first-order valence-corrected chi connectivity index (χ1v) is 12.0. The van der Waals surface area contributed by atoms with E-state index in [1.54, 1.807) is 28.5 Å². The number of likely N-dealkylation sites (tertiary alicyclic amines) is 1. The fourth-order valence-corrected chi connectivity index (χ4v) is 3.94. The van der Waals surface area contributed by atoms with Gasteiger partial charge in [0, 0.05) is 31.8 Å². The summed E-state index contributed by atoms with van der Waals surface area (Å²) in [5.74, 6) is 1.17. The van der Waals surface area contributed by atoms with Gasteiger partial charge < -0.3 is 4.74 Å². The minimum absolute atomic E-state index is 0.287. The second-order valence-electron chi connectivity index (χ2n) is 8.73. The molecule has 1 saturated heterocycles. The molecule has 0 bridgehead atoms. The molecule has 0 atom stereocenters. The average molecular weight is 490 g/mol. The molecule has 0 radical (unpaired) electrons. The number of rotatable bonds is 6. The highest BCUT2D eigenvalue weighted by Gasteiger charge is 2.13. The van der Waals surface area contributed by atoms with E-state index in [2.05, 4.69) is 42.9 Å². The SMILES string of the molecule is Cc1ccc(-c2nnnn2C)cc1.Cn1nnnc1-c1ccc(C(=O)OCCN2CCCCC2)cc1. The van der Waals surface area contributed by atoms with Gasteiger partial charge in [-0.05, 0) is 65.8 Å². The van der Waals surface area contributed by atoms with E-state index in [1.165, 1.54) is 24.8 Å². The first kappa shape index (κ1) is 25.1. The van der Waals surface area contributed by atoms with Gasteiger partial charge in [-0.15, -0.1) is 10.2 Å². The molecule has 0 unspecified atom stereocenters. The van der Waals surface area contributed by atoms with Crippen LogP contribution in [0.5, 0.6) is 0 Å². The van der Waals surface area contributed by atoms with Crippen LogP contribution in [0.3, 0.4) is 0 Å². The third kappa shape index (κ3) is 6.57. The Bertz CT molecular complexity index is 1240. The van der Waals surface area contributed by atoms with Gasteiger partial charge in [0.1, 0.15) is 6.61 Å². The van der Waals surface area contributed by atoms with Gasteiger partial charge in [-0.25, -0.2) is 14.2 Å². The minimum atomic E-state index is -0.287. The van der Waals surface area contributed by atoms with Crippen molar-refractivity contribution in [2.24, 2.45) is 14.1 Å². The molecule has 0 N–H and O–H groups in total. The number of ether oxygens (including phenoxy) is 1. The summed E-state index contributed by atoms with van der Waals surface area (Å²) in [4.78, 5) is 14.4. The van der Waals surface area contributed by atoms with Crippen LogP contribution in [0.2, 0.25) is 0 Å². The van der Waals surface area contributed by atoms with E-state index < -0.39 is 0 Å². The molecule has 5 rings (SSSR count). The highest BCUT2D eigenvalue weighted by molar-refractivity contribution is 5.89. The van der Waals surface area contributed by atoms with E-state index in [9.17, 15) is 4.79 Å². The summed E-state index contributed by atoms with van der Waals surface area (Å²) in [6.07, 6.45) is 3.79. The van der Waals surface area contributed by atoms with Crippen molar-refractivity contribution in [2.75, 3.05) is 26.2 Å². The molecule has 1 aliphatic rings. The van der Waals surface area contributed by atoms with Gasteiger partial charge >= 0.3 is 5.97 Å². The third-order valence-corrected chi connectivity index (χ3v) is 6.02. The second kappa shape index (κ2) is 12.1. The molecule has 0 amide bonds. The Morgan fingerprint density at radius 1 is 0.806 bits per heavy atom. The number of aromatic nitrogens is 8. The lowest BCUT2D eigenvalue weighted by Gasteiger charge is -2.25. The lowest BCUT2D eigenvalue weighted by atomic mass is 10.1. The number of benzene rings is 2. The van der Waals surface area contributed by atoms with Crippen LogP contribution in [0.4, 0.5) is 0 Å². The Labute approximate surface area is 210 Å². The molecule has 36 heavy (non-hydrogen) atoms. The summed E-state index contributed by atoms with van der Waals surface area (Å²) >= 11 is 0. The van der Waals surface area contributed by atoms with Gasteiger partial charge in [0.05, 0.1) is 5.56 Å². The molecule has 11 nitrogen and oxygen atoms in total. The van der Waals surface area contributed by atoms with Crippen molar-refractivity contribution in [1.82, 2.24) is 45.3 Å². The lowest BCUT2D eigenvalue weighted by Crippen LogP contribution is -2.33. The predicted molar refractivity (Wildman–Crippen MR) is 134 cm³/mol. The van der Waals surface area contributed by atoms with Crippen LogP contribution in [0.1, 0.15) is 35.2 Å². The first-order valence-electron chi connectivity index (χ1n) is 12.0. The summed E-state index contributed by atoms with van der Waals surface area (Å²) in [6, 6.07) is 15.3. The number of esters is 1. The molecule has 2 aromatic heterocycles. The number of hydrogen-bond acceptors (Lipinski definition) is 9. The maximum Gasteiger partial charge on any atom is 0.338 e. The van der Waals surface area contributed by atoms with Crippen molar-refractivity contribution in [2.45, 2.75) is 26.2 Å². The summed E-state index contributed by atoms with van der Waals surface area (Å²) < 4.78 is 8.61. The maximum atomic E-state index is 12.1. The van der Waals surface area contributed by atoms with E-state index in [4.69, 9.17) is 4.74 Å². The summed E-state index contributed by atoms with van der Waals surface area (Å²) in [6.45, 7) is 5.52. The summed E-state index contributed by atoms with van der Waals surface area (Å²) in [5.41, 5.74) is 3.68. The molecule has 1 fully saturated rings. The molecule has 11 heteroatoms. The predicted octanol–water partition coefficient (Wildman–Crippen LogP) is 2.71. The number of piperidine rings is 1. The van der Waals surface area contributed by atoms with E-state index in [0.717, 1.165) is 36.6 Å². The van der Waals surface area contributed by atoms with Gasteiger partial charge in [-0.3, -0.25) is 4.90 Å². The fraction of sp³-hybridized carbons (Fsp3) is 0.400. The number of carbonyl (C=O) groups is 1.